The van der Waals surface area contributed by atoms with Crippen LogP contribution >= 0.6 is 0 Å². The number of carbonyl (C=O) groups excluding carboxylic acids is 1. The van der Waals surface area contributed by atoms with E-state index in [0.717, 1.165) is 12.8 Å². The molecule has 0 radical (unpaired) electrons. The van der Waals surface area contributed by atoms with Gasteiger partial charge in [-0.3, -0.25) is 14.2 Å². The molecule has 166 valence electrons. The highest BCUT2D eigenvalue weighted by Crippen LogP contribution is 2.45. The van der Waals surface area contributed by atoms with Gasteiger partial charge in [0.1, 0.15) is 17.2 Å². The SMILES string of the molecule is COCCOC12CCC(CC1)Cn1c2nc(C(=O)NCc2ccc(F)cc2)c(O)c1=O. The zero-order chi connectivity index (χ0) is 22.0. The maximum Gasteiger partial charge on any atom is 0.296 e. The number of ether oxygens (including phenoxy) is 2. The minimum atomic E-state index is -0.787. The average molecular weight is 431 g/mol. The second kappa shape index (κ2) is 8.76. The van der Waals surface area contributed by atoms with Crippen molar-refractivity contribution in [3.63, 3.8) is 0 Å². The number of nitrogens with zero attached hydrogens (tertiary/aromatic N) is 2. The molecule has 1 aromatic heterocycles. The van der Waals surface area contributed by atoms with Gasteiger partial charge in [0.25, 0.3) is 11.5 Å². The van der Waals surface area contributed by atoms with Gasteiger partial charge in [0.15, 0.2) is 5.69 Å². The first kappa shape index (κ1) is 21.5. The van der Waals surface area contributed by atoms with Crippen LogP contribution in [-0.4, -0.2) is 40.9 Å². The van der Waals surface area contributed by atoms with Crippen molar-refractivity contribution in [2.75, 3.05) is 20.3 Å². The molecule has 3 heterocycles. The van der Waals surface area contributed by atoms with Crippen molar-refractivity contribution in [3.8, 4) is 5.75 Å². The molecule has 5 rings (SSSR count). The van der Waals surface area contributed by atoms with Crippen LogP contribution < -0.4 is 10.9 Å². The molecule has 1 fully saturated rings. The molecule has 2 bridgehead atoms. The molecule has 2 aromatic rings. The summed E-state index contributed by atoms with van der Waals surface area (Å²) in [6.45, 7) is 1.29. The molecule has 1 aliphatic carbocycles. The Morgan fingerprint density at radius 2 is 2.00 bits per heavy atom. The first-order valence-electron chi connectivity index (χ1n) is 10.4. The second-order valence-corrected chi connectivity index (χ2v) is 8.14. The maximum absolute atomic E-state index is 13.1. The lowest BCUT2D eigenvalue weighted by molar-refractivity contribution is -0.0970. The monoisotopic (exact) mass is 431 g/mol. The fourth-order valence-electron chi connectivity index (χ4n) is 4.43. The number of halogens is 1. The van der Waals surface area contributed by atoms with Gasteiger partial charge in [0.2, 0.25) is 5.75 Å². The third-order valence-electron chi connectivity index (χ3n) is 6.15. The first-order valence-corrected chi connectivity index (χ1v) is 10.4. The molecule has 0 atom stereocenters. The molecule has 2 N–H and O–H groups in total. The Bertz CT molecular complexity index is 1010. The molecular formula is C22H26FN3O5. The predicted octanol–water partition coefficient (Wildman–Crippen LogP) is 2.08. The quantitative estimate of drug-likeness (QED) is 0.651. The van der Waals surface area contributed by atoms with Crippen molar-refractivity contribution in [2.45, 2.75) is 44.4 Å². The summed E-state index contributed by atoms with van der Waals surface area (Å²) in [4.78, 5) is 30.2. The Morgan fingerprint density at radius 1 is 1.29 bits per heavy atom. The van der Waals surface area contributed by atoms with Gasteiger partial charge in [0, 0.05) is 20.2 Å². The standard InChI is InChI=1S/C22H26FN3O5/c1-30-10-11-31-22-8-6-15(7-9-22)13-26-20(29)18(27)17(25-21(22)26)19(28)24-12-14-2-4-16(23)5-3-14/h2-5,15,27H,6-13H2,1H3,(H,24,28). The first-order chi connectivity index (χ1) is 14.9. The number of aromatic hydroxyl groups is 1. The highest BCUT2D eigenvalue weighted by molar-refractivity contribution is 5.94. The molecule has 1 aromatic carbocycles. The number of benzene rings is 1. The summed E-state index contributed by atoms with van der Waals surface area (Å²) >= 11 is 0. The zero-order valence-corrected chi connectivity index (χ0v) is 17.4. The number of carbonyl (C=O) groups is 1. The number of hydrogen-bond acceptors (Lipinski definition) is 6. The van der Waals surface area contributed by atoms with Crippen molar-refractivity contribution in [1.82, 2.24) is 14.9 Å². The molecule has 9 heteroatoms. The Morgan fingerprint density at radius 3 is 2.68 bits per heavy atom. The van der Waals surface area contributed by atoms with Gasteiger partial charge in [-0.05, 0) is 49.3 Å². The van der Waals surface area contributed by atoms with Crippen molar-refractivity contribution in [1.29, 1.82) is 0 Å². The molecule has 3 aliphatic rings. The van der Waals surface area contributed by atoms with E-state index in [1.165, 1.54) is 16.7 Å². The van der Waals surface area contributed by atoms with Gasteiger partial charge in [-0.25, -0.2) is 9.37 Å². The maximum atomic E-state index is 13.1. The number of aromatic nitrogens is 2. The fraction of sp³-hybridized carbons (Fsp3) is 0.500. The number of nitrogens with one attached hydrogen (secondary N) is 1. The fourth-order valence-corrected chi connectivity index (χ4v) is 4.43. The highest BCUT2D eigenvalue weighted by Gasteiger charge is 2.45. The summed E-state index contributed by atoms with van der Waals surface area (Å²) in [6.07, 6.45) is 3.13. The minimum Gasteiger partial charge on any atom is -0.501 e. The van der Waals surface area contributed by atoms with Gasteiger partial charge >= 0.3 is 0 Å². The van der Waals surface area contributed by atoms with Gasteiger partial charge in [-0.2, -0.15) is 0 Å². The summed E-state index contributed by atoms with van der Waals surface area (Å²) in [5.74, 6) is -1.03. The molecule has 1 amide bonds. The lowest BCUT2D eigenvalue weighted by Gasteiger charge is -2.36. The van der Waals surface area contributed by atoms with Crippen molar-refractivity contribution in [3.05, 3.63) is 57.5 Å². The van der Waals surface area contributed by atoms with Crippen LogP contribution in [0.4, 0.5) is 4.39 Å². The predicted molar refractivity (Wildman–Crippen MR) is 109 cm³/mol. The van der Waals surface area contributed by atoms with Gasteiger partial charge in [-0.15, -0.1) is 0 Å². The number of hydrogen-bond donors (Lipinski definition) is 2. The van der Waals surface area contributed by atoms with E-state index in [1.54, 1.807) is 19.2 Å². The Hall–Kier alpha value is -2.78. The average Bonchev–Trinajstić information content (AvgIpc) is 3.02. The highest BCUT2D eigenvalue weighted by atomic mass is 19.1. The number of fused-ring (bicyclic) bond motifs is 2. The third-order valence-corrected chi connectivity index (χ3v) is 6.15. The lowest BCUT2D eigenvalue weighted by atomic mass is 9.80. The topological polar surface area (TPSA) is 103 Å². The zero-order valence-electron chi connectivity index (χ0n) is 17.4. The van der Waals surface area contributed by atoms with E-state index in [4.69, 9.17) is 9.47 Å². The van der Waals surface area contributed by atoms with Crippen LogP contribution in [0, 0.1) is 11.7 Å². The van der Waals surface area contributed by atoms with E-state index in [0.29, 0.717) is 49.9 Å². The molecular weight excluding hydrogens is 405 g/mol. The summed E-state index contributed by atoms with van der Waals surface area (Å²) < 4.78 is 25.8. The summed E-state index contributed by atoms with van der Waals surface area (Å²) in [5, 5.41) is 13.1. The number of amides is 1. The normalized spacial score (nSPS) is 22.1. The van der Waals surface area contributed by atoms with E-state index in [-0.39, 0.29) is 18.1 Å². The van der Waals surface area contributed by atoms with Crippen LogP contribution in [0.1, 0.15) is 47.6 Å². The molecule has 0 saturated heterocycles. The van der Waals surface area contributed by atoms with E-state index < -0.39 is 22.8 Å². The second-order valence-electron chi connectivity index (χ2n) is 8.14. The molecule has 8 nitrogen and oxygen atoms in total. The van der Waals surface area contributed by atoms with E-state index in [2.05, 4.69) is 10.3 Å². The number of rotatable bonds is 7. The van der Waals surface area contributed by atoms with Crippen LogP contribution in [0.25, 0.3) is 0 Å². The Balaban J connectivity index is 1.66. The molecule has 0 unspecified atom stereocenters. The van der Waals surface area contributed by atoms with Crippen molar-refractivity contribution < 1.29 is 23.8 Å². The van der Waals surface area contributed by atoms with Crippen LogP contribution in [0.15, 0.2) is 29.1 Å². The van der Waals surface area contributed by atoms with Gasteiger partial charge in [-0.1, -0.05) is 12.1 Å². The van der Waals surface area contributed by atoms with Crippen LogP contribution in [-0.2, 0) is 28.2 Å². The summed E-state index contributed by atoms with van der Waals surface area (Å²) in [6, 6.07) is 5.69. The molecule has 2 aliphatic heterocycles. The van der Waals surface area contributed by atoms with Crippen LogP contribution in [0.2, 0.25) is 0 Å². The van der Waals surface area contributed by atoms with E-state index in [1.807, 2.05) is 0 Å². The molecule has 31 heavy (non-hydrogen) atoms. The van der Waals surface area contributed by atoms with Gasteiger partial charge < -0.3 is 19.9 Å². The summed E-state index contributed by atoms with van der Waals surface area (Å²) in [5.41, 5.74) is -1.06. The third kappa shape index (κ3) is 4.20. The van der Waals surface area contributed by atoms with Crippen LogP contribution in [0.3, 0.4) is 0 Å². The van der Waals surface area contributed by atoms with Crippen LogP contribution in [0.5, 0.6) is 5.75 Å². The van der Waals surface area contributed by atoms with E-state index in [9.17, 15) is 19.1 Å². The molecule has 1 saturated carbocycles. The van der Waals surface area contributed by atoms with Crippen molar-refractivity contribution >= 4 is 5.91 Å². The van der Waals surface area contributed by atoms with Gasteiger partial charge in [0.05, 0.1) is 13.2 Å². The summed E-state index contributed by atoms with van der Waals surface area (Å²) in [7, 11) is 1.59. The van der Waals surface area contributed by atoms with Crippen molar-refractivity contribution in [2.24, 2.45) is 5.92 Å². The van der Waals surface area contributed by atoms with E-state index >= 15 is 0 Å². The minimum absolute atomic E-state index is 0.107. The lowest BCUT2D eigenvalue weighted by Crippen LogP contribution is -2.39. The molecule has 0 spiro atoms. The smallest absolute Gasteiger partial charge is 0.296 e. The Labute approximate surface area is 179 Å². The largest absolute Gasteiger partial charge is 0.501 e. The number of methoxy groups -OCH3 is 1. The Kier molecular flexibility index (Phi) is 6.06.